The van der Waals surface area contributed by atoms with Crippen LogP contribution in [0.25, 0.3) is 10.9 Å². The predicted octanol–water partition coefficient (Wildman–Crippen LogP) is 5.43. The molecule has 178 valence electrons. The molecule has 6 nitrogen and oxygen atoms in total. The van der Waals surface area contributed by atoms with Gasteiger partial charge < -0.3 is 9.40 Å². The molecule has 4 rings (SSSR count). The van der Waals surface area contributed by atoms with Gasteiger partial charge in [0.25, 0.3) is 5.56 Å². The van der Waals surface area contributed by atoms with Gasteiger partial charge in [0.1, 0.15) is 5.76 Å². The van der Waals surface area contributed by atoms with Crippen molar-refractivity contribution < 1.29 is 12.8 Å². The molecule has 0 fully saturated rings. The third-order valence-electron chi connectivity index (χ3n) is 6.14. The Morgan fingerprint density at radius 3 is 2.24 bits per heavy atom. The van der Waals surface area contributed by atoms with Crippen molar-refractivity contribution in [1.29, 1.82) is 0 Å². The van der Waals surface area contributed by atoms with Crippen LogP contribution in [0.1, 0.15) is 48.8 Å². The Morgan fingerprint density at radius 2 is 1.62 bits per heavy atom. The van der Waals surface area contributed by atoms with Gasteiger partial charge in [0.15, 0.2) is 0 Å². The number of H-pyrrole nitrogens is 1. The summed E-state index contributed by atoms with van der Waals surface area (Å²) in [6, 6.07) is 16.1. The number of nitrogens with zero attached hydrogens (tertiary/aromatic N) is 1. The maximum absolute atomic E-state index is 13.7. The highest BCUT2D eigenvalue weighted by atomic mass is 32.2. The maximum Gasteiger partial charge on any atom is 0.252 e. The van der Waals surface area contributed by atoms with Gasteiger partial charge in [-0.1, -0.05) is 45.0 Å². The molecule has 7 heteroatoms. The van der Waals surface area contributed by atoms with Crippen LogP contribution in [0, 0.1) is 13.8 Å². The first-order chi connectivity index (χ1) is 16.0. The van der Waals surface area contributed by atoms with Crippen molar-refractivity contribution in [3.63, 3.8) is 0 Å². The fourth-order valence-corrected chi connectivity index (χ4v) is 5.39. The number of pyridine rings is 1. The van der Waals surface area contributed by atoms with Crippen LogP contribution in [0.5, 0.6) is 0 Å². The molecule has 0 saturated carbocycles. The lowest BCUT2D eigenvalue weighted by molar-refractivity contribution is 0.357. The Hall–Kier alpha value is -3.16. The minimum absolute atomic E-state index is 0.0145. The molecule has 0 amide bonds. The average Bonchev–Trinajstić information content (AvgIpc) is 3.29. The molecule has 1 N–H and O–H groups in total. The monoisotopic (exact) mass is 478 g/mol. The number of fused-ring (bicyclic) bond motifs is 1. The summed E-state index contributed by atoms with van der Waals surface area (Å²) < 4.78 is 34.1. The van der Waals surface area contributed by atoms with E-state index in [0.717, 1.165) is 27.6 Å². The molecule has 2 heterocycles. The summed E-state index contributed by atoms with van der Waals surface area (Å²) >= 11 is 0. The normalized spacial score (nSPS) is 12.5. The number of hydrogen-bond donors (Lipinski definition) is 1. The van der Waals surface area contributed by atoms with Crippen molar-refractivity contribution in [2.24, 2.45) is 0 Å². The quantitative estimate of drug-likeness (QED) is 0.401. The SMILES string of the molecule is Cc1ccc(C)c2[nH]c(=O)c(CN(Cc3ccco3)S(=O)(=O)c3ccc(C(C)(C)C)cc3)cc12. The maximum atomic E-state index is 13.7. The molecule has 0 radical (unpaired) electrons. The Bertz CT molecular complexity index is 1480. The van der Waals surface area contributed by atoms with Gasteiger partial charge in [-0.25, -0.2) is 8.42 Å². The van der Waals surface area contributed by atoms with Crippen molar-refractivity contribution in [3.05, 3.63) is 99.2 Å². The lowest BCUT2D eigenvalue weighted by atomic mass is 9.87. The zero-order chi connectivity index (χ0) is 24.7. The molecule has 0 unspecified atom stereocenters. The van der Waals surface area contributed by atoms with E-state index in [-0.39, 0.29) is 29.0 Å². The summed E-state index contributed by atoms with van der Waals surface area (Å²) in [5.74, 6) is 0.499. The Morgan fingerprint density at radius 1 is 0.941 bits per heavy atom. The zero-order valence-electron chi connectivity index (χ0n) is 20.2. The van der Waals surface area contributed by atoms with Gasteiger partial charge in [-0.05, 0) is 66.3 Å². The Kier molecular flexibility index (Phi) is 6.27. The molecule has 0 aliphatic rings. The number of furan rings is 1. The highest BCUT2D eigenvalue weighted by molar-refractivity contribution is 7.89. The minimum Gasteiger partial charge on any atom is -0.468 e. The molecule has 0 atom stereocenters. The van der Waals surface area contributed by atoms with Gasteiger partial charge in [-0.15, -0.1) is 0 Å². The number of aromatic nitrogens is 1. The average molecular weight is 479 g/mol. The highest BCUT2D eigenvalue weighted by Gasteiger charge is 2.27. The molecule has 2 aromatic heterocycles. The first-order valence-corrected chi connectivity index (χ1v) is 12.7. The topological polar surface area (TPSA) is 83.4 Å². The number of nitrogens with one attached hydrogen (secondary N) is 1. The van der Waals surface area contributed by atoms with Gasteiger partial charge in [-0.3, -0.25) is 4.79 Å². The lowest BCUT2D eigenvalue weighted by Crippen LogP contribution is -2.32. The van der Waals surface area contributed by atoms with E-state index in [1.807, 2.05) is 38.1 Å². The van der Waals surface area contributed by atoms with Crippen LogP contribution < -0.4 is 5.56 Å². The number of benzene rings is 2. The second kappa shape index (κ2) is 8.89. The van der Waals surface area contributed by atoms with Gasteiger partial charge in [-0.2, -0.15) is 4.31 Å². The first kappa shape index (κ1) is 24.0. The molecule has 34 heavy (non-hydrogen) atoms. The van der Waals surface area contributed by atoms with E-state index in [4.69, 9.17) is 4.42 Å². The smallest absolute Gasteiger partial charge is 0.252 e. The number of aromatic amines is 1. The van der Waals surface area contributed by atoms with E-state index >= 15 is 0 Å². The molecule has 0 spiro atoms. The molecule has 0 bridgehead atoms. The van der Waals surface area contributed by atoms with Crippen molar-refractivity contribution in [3.8, 4) is 0 Å². The molecular weight excluding hydrogens is 448 g/mol. The summed E-state index contributed by atoms with van der Waals surface area (Å²) in [5.41, 5.74) is 3.77. The first-order valence-electron chi connectivity index (χ1n) is 11.2. The number of sulfonamides is 1. The van der Waals surface area contributed by atoms with Crippen molar-refractivity contribution in [2.75, 3.05) is 0 Å². The number of hydrogen-bond acceptors (Lipinski definition) is 4. The third kappa shape index (κ3) is 4.72. The zero-order valence-corrected chi connectivity index (χ0v) is 21.0. The standard InChI is InChI=1S/C27H30N2O4S/c1-18-8-9-19(2)25-24(18)15-20(26(30)28-25)16-29(17-22-7-6-14-33-22)34(31,32)23-12-10-21(11-13-23)27(3,4)5/h6-15H,16-17H2,1-5H3,(H,28,30). The van der Waals surface area contributed by atoms with E-state index in [9.17, 15) is 13.2 Å². The molecular formula is C27H30N2O4S. The molecule has 2 aromatic carbocycles. The Balaban J connectivity index is 1.77. The van der Waals surface area contributed by atoms with E-state index in [0.29, 0.717) is 11.3 Å². The lowest BCUT2D eigenvalue weighted by Gasteiger charge is -2.23. The van der Waals surface area contributed by atoms with Gasteiger partial charge in [0.2, 0.25) is 10.0 Å². The van der Waals surface area contributed by atoms with Crippen LogP contribution >= 0.6 is 0 Å². The fourth-order valence-electron chi connectivity index (χ4n) is 4.00. The number of rotatable bonds is 6. The van der Waals surface area contributed by atoms with E-state index in [1.165, 1.54) is 10.6 Å². The summed E-state index contributed by atoms with van der Waals surface area (Å²) in [7, 11) is -3.91. The van der Waals surface area contributed by atoms with Crippen molar-refractivity contribution in [1.82, 2.24) is 9.29 Å². The third-order valence-corrected chi connectivity index (χ3v) is 7.94. The largest absolute Gasteiger partial charge is 0.468 e. The van der Waals surface area contributed by atoms with E-state index in [2.05, 4.69) is 25.8 Å². The molecule has 0 saturated heterocycles. The van der Waals surface area contributed by atoms with E-state index < -0.39 is 10.0 Å². The van der Waals surface area contributed by atoms with Gasteiger partial charge in [0.05, 0.1) is 23.2 Å². The highest BCUT2D eigenvalue weighted by Crippen LogP contribution is 2.27. The van der Waals surface area contributed by atoms with Gasteiger partial charge in [0, 0.05) is 17.5 Å². The van der Waals surface area contributed by atoms with Crippen LogP contribution in [0.2, 0.25) is 0 Å². The van der Waals surface area contributed by atoms with Gasteiger partial charge >= 0.3 is 0 Å². The second-order valence-corrected chi connectivity index (χ2v) is 11.7. The molecule has 4 aromatic rings. The Labute approximate surface area is 200 Å². The van der Waals surface area contributed by atoms with Crippen LogP contribution in [-0.4, -0.2) is 17.7 Å². The van der Waals surface area contributed by atoms with Crippen molar-refractivity contribution >= 4 is 20.9 Å². The summed E-state index contributed by atoms with van der Waals surface area (Å²) in [6.07, 6.45) is 1.51. The van der Waals surface area contributed by atoms with Crippen LogP contribution in [-0.2, 0) is 28.5 Å². The summed E-state index contributed by atoms with van der Waals surface area (Å²) in [4.78, 5) is 16.1. The molecule has 0 aliphatic carbocycles. The van der Waals surface area contributed by atoms with E-state index in [1.54, 1.807) is 30.3 Å². The second-order valence-electron chi connectivity index (χ2n) is 9.74. The summed E-state index contributed by atoms with van der Waals surface area (Å²) in [5, 5.41) is 0.902. The van der Waals surface area contributed by atoms with Crippen LogP contribution in [0.15, 0.2) is 75.0 Å². The number of aryl methyl sites for hydroxylation is 2. The minimum atomic E-state index is -3.91. The van der Waals surface area contributed by atoms with Crippen molar-refractivity contribution in [2.45, 2.75) is 58.0 Å². The van der Waals surface area contributed by atoms with Crippen LogP contribution in [0.3, 0.4) is 0 Å². The fraction of sp³-hybridized carbons (Fsp3) is 0.296. The molecule has 0 aliphatic heterocycles. The van der Waals surface area contributed by atoms with Crippen LogP contribution in [0.4, 0.5) is 0 Å². The predicted molar refractivity (Wildman–Crippen MR) is 134 cm³/mol. The summed E-state index contributed by atoms with van der Waals surface area (Å²) in [6.45, 7) is 10.1.